The third-order valence-corrected chi connectivity index (χ3v) is 7.30. The van der Waals surface area contributed by atoms with E-state index in [1.807, 2.05) is 24.4 Å². The lowest BCUT2D eigenvalue weighted by Gasteiger charge is -2.25. The molecule has 3 aromatic carbocycles. The molecule has 1 fully saturated rings. The lowest BCUT2D eigenvalue weighted by atomic mass is 9.95. The summed E-state index contributed by atoms with van der Waals surface area (Å²) in [5.74, 6) is -0.494. The Kier molecular flexibility index (Phi) is 7.06. The number of carbonyl (C=O) groups is 2. The molecule has 1 aromatic heterocycles. The number of hydrogen-bond acceptors (Lipinski definition) is 5. The van der Waals surface area contributed by atoms with Gasteiger partial charge in [-0.05, 0) is 66.1 Å². The molecule has 1 unspecified atom stereocenters. The first-order valence-corrected chi connectivity index (χ1v) is 12.6. The maximum absolute atomic E-state index is 13.3. The fourth-order valence-corrected chi connectivity index (χ4v) is 5.30. The zero-order chi connectivity index (χ0) is 27.0. The molecule has 5 rings (SSSR count). The number of aromatic amines is 1. The molecule has 2 heterocycles. The van der Waals surface area contributed by atoms with E-state index in [0.29, 0.717) is 22.8 Å². The molecule has 0 radical (unpaired) electrons. The molecular formula is C29H24Cl2N2O5. The summed E-state index contributed by atoms with van der Waals surface area (Å²) in [4.78, 5) is 31.4. The number of amides is 1. The number of aliphatic hydroxyl groups excluding tert-OH is 1. The van der Waals surface area contributed by atoms with Gasteiger partial charge >= 0.3 is 0 Å². The molecule has 2 N–H and O–H groups in total. The Morgan fingerprint density at radius 2 is 1.68 bits per heavy atom. The van der Waals surface area contributed by atoms with Crippen LogP contribution in [0.5, 0.6) is 11.5 Å². The lowest BCUT2D eigenvalue weighted by Crippen LogP contribution is -2.31. The van der Waals surface area contributed by atoms with Crippen molar-refractivity contribution in [2.75, 3.05) is 20.8 Å². The fraction of sp³-hybridized carbons (Fsp3) is 0.172. The first kappa shape index (κ1) is 25.7. The number of Topliss-reactive ketones (excluding diaryl/α,β-unsaturated/α-hetero) is 1. The van der Waals surface area contributed by atoms with Crippen LogP contribution in [0.1, 0.15) is 22.7 Å². The highest BCUT2D eigenvalue weighted by Crippen LogP contribution is 2.41. The standard InChI is InChI=1S/C29H24Cl2N2O5/c1-37-19-6-3-16(4-7-19)26-25(27(34)21-9-5-18(30)13-23(21)31)28(35)29(36)33(26)12-11-17-15-32-24-10-8-20(38-2)14-22(17)24/h3-10,13-15,26,32,34H,11-12H2,1-2H3/b27-25-. The number of ether oxygens (including phenoxy) is 2. The number of methoxy groups -OCH3 is 2. The van der Waals surface area contributed by atoms with Crippen LogP contribution in [0.15, 0.2) is 72.4 Å². The molecule has 7 nitrogen and oxygen atoms in total. The number of benzene rings is 3. The minimum atomic E-state index is -0.826. The minimum Gasteiger partial charge on any atom is -0.507 e. The van der Waals surface area contributed by atoms with E-state index in [0.717, 1.165) is 22.2 Å². The van der Waals surface area contributed by atoms with Gasteiger partial charge in [0.15, 0.2) is 0 Å². The van der Waals surface area contributed by atoms with Gasteiger partial charge in [-0.1, -0.05) is 35.3 Å². The van der Waals surface area contributed by atoms with Crippen molar-refractivity contribution in [3.05, 3.63) is 99.2 Å². The van der Waals surface area contributed by atoms with E-state index in [4.69, 9.17) is 32.7 Å². The third-order valence-electron chi connectivity index (χ3n) is 6.75. The van der Waals surface area contributed by atoms with Crippen molar-refractivity contribution in [2.24, 2.45) is 0 Å². The molecule has 1 saturated heterocycles. The summed E-state index contributed by atoms with van der Waals surface area (Å²) in [5.41, 5.74) is 2.74. The van der Waals surface area contributed by atoms with Gasteiger partial charge in [0.25, 0.3) is 11.7 Å². The van der Waals surface area contributed by atoms with Gasteiger partial charge in [0.05, 0.1) is 30.9 Å². The SMILES string of the molecule is COc1ccc(C2/C(=C(/O)c3ccc(Cl)cc3Cl)C(=O)C(=O)N2CCc2c[nH]c3ccc(OC)cc23)cc1. The number of ketones is 1. The number of likely N-dealkylation sites (tertiary alicyclic amines) is 1. The molecule has 4 aromatic rings. The molecule has 1 atom stereocenters. The van der Waals surface area contributed by atoms with Crippen molar-refractivity contribution < 1.29 is 24.2 Å². The predicted octanol–water partition coefficient (Wildman–Crippen LogP) is 6.16. The van der Waals surface area contributed by atoms with Crippen molar-refractivity contribution in [3.8, 4) is 11.5 Å². The summed E-state index contributed by atoms with van der Waals surface area (Å²) >= 11 is 12.4. The average Bonchev–Trinajstić information content (AvgIpc) is 3.44. The van der Waals surface area contributed by atoms with Gasteiger partial charge in [-0.2, -0.15) is 0 Å². The number of rotatable bonds is 7. The third kappa shape index (κ3) is 4.59. The number of halogens is 2. The summed E-state index contributed by atoms with van der Waals surface area (Å²) in [6.07, 6.45) is 2.35. The van der Waals surface area contributed by atoms with Gasteiger partial charge in [0, 0.05) is 34.2 Å². The molecule has 9 heteroatoms. The van der Waals surface area contributed by atoms with Crippen molar-refractivity contribution in [2.45, 2.75) is 12.5 Å². The van der Waals surface area contributed by atoms with Gasteiger partial charge in [-0.3, -0.25) is 9.59 Å². The second-order valence-corrected chi connectivity index (χ2v) is 9.71. The van der Waals surface area contributed by atoms with Gasteiger partial charge in [-0.15, -0.1) is 0 Å². The van der Waals surface area contributed by atoms with E-state index in [2.05, 4.69) is 4.98 Å². The van der Waals surface area contributed by atoms with Crippen LogP contribution in [0.2, 0.25) is 10.0 Å². The van der Waals surface area contributed by atoms with Crippen molar-refractivity contribution in [1.82, 2.24) is 9.88 Å². The van der Waals surface area contributed by atoms with Crippen LogP contribution < -0.4 is 9.47 Å². The summed E-state index contributed by atoms with van der Waals surface area (Å²) in [6.45, 7) is 0.233. The smallest absolute Gasteiger partial charge is 0.295 e. The second-order valence-electron chi connectivity index (χ2n) is 8.87. The normalized spacial score (nSPS) is 16.8. The number of nitrogens with one attached hydrogen (secondary N) is 1. The van der Waals surface area contributed by atoms with Crippen LogP contribution >= 0.6 is 23.2 Å². The van der Waals surface area contributed by atoms with Gasteiger partial charge < -0.3 is 24.5 Å². The van der Waals surface area contributed by atoms with E-state index >= 15 is 0 Å². The van der Waals surface area contributed by atoms with Crippen LogP contribution in [-0.4, -0.2) is 47.4 Å². The molecule has 0 aliphatic carbocycles. The summed E-state index contributed by atoms with van der Waals surface area (Å²) in [7, 11) is 3.16. The second kappa shape index (κ2) is 10.4. The van der Waals surface area contributed by atoms with E-state index in [1.54, 1.807) is 44.6 Å². The van der Waals surface area contributed by atoms with Crippen molar-refractivity contribution in [3.63, 3.8) is 0 Å². The Balaban J connectivity index is 1.57. The maximum atomic E-state index is 13.3. The van der Waals surface area contributed by atoms with Crippen molar-refractivity contribution in [1.29, 1.82) is 0 Å². The Morgan fingerprint density at radius 1 is 0.974 bits per heavy atom. The zero-order valence-electron chi connectivity index (χ0n) is 20.6. The van der Waals surface area contributed by atoms with Crippen LogP contribution in [0.3, 0.4) is 0 Å². The molecule has 0 saturated carbocycles. The highest BCUT2D eigenvalue weighted by molar-refractivity contribution is 6.47. The van der Waals surface area contributed by atoms with Crippen LogP contribution in [0.25, 0.3) is 16.7 Å². The van der Waals surface area contributed by atoms with E-state index in [-0.39, 0.29) is 28.5 Å². The van der Waals surface area contributed by atoms with Crippen LogP contribution in [0, 0.1) is 0 Å². The van der Waals surface area contributed by atoms with E-state index in [1.165, 1.54) is 17.0 Å². The van der Waals surface area contributed by atoms with Gasteiger partial charge in [0.2, 0.25) is 0 Å². The monoisotopic (exact) mass is 550 g/mol. The molecule has 1 amide bonds. The number of fused-ring (bicyclic) bond motifs is 1. The lowest BCUT2D eigenvalue weighted by molar-refractivity contribution is -0.139. The summed E-state index contributed by atoms with van der Waals surface area (Å²) < 4.78 is 10.6. The molecule has 0 spiro atoms. The van der Waals surface area contributed by atoms with Crippen LogP contribution in [-0.2, 0) is 16.0 Å². The summed E-state index contributed by atoms with van der Waals surface area (Å²) in [5, 5.41) is 12.8. The van der Waals surface area contributed by atoms with Crippen molar-refractivity contribution >= 4 is 51.6 Å². The number of nitrogens with zero attached hydrogens (tertiary/aromatic N) is 1. The average molecular weight is 551 g/mol. The molecule has 194 valence electrons. The Morgan fingerprint density at radius 3 is 2.37 bits per heavy atom. The molecule has 1 aliphatic heterocycles. The van der Waals surface area contributed by atoms with Crippen LogP contribution in [0.4, 0.5) is 0 Å². The number of aromatic nitrogens is 1. The Hall–Kier alpha value is -3.94. The number of aliphatic hydroxyl groups is 1. The van der Waals surface area contributed by atoms with E-state index in [9.17, 15) is 14.7 Å². The Bertz CT molecular complexity index is 1580. The molecule has 1 aliphatic rings. The first-order valence-electron chi connectivity index (χ1n) is 11.8. The number of hydrogen-bond donors (Lipinski definition) is 2. The number of H-pyrrole nitrogens is 1. The number of carbonyl (C=O) groups excluding carboxylic acids is 2. The molecule has 38 heavy (non-hydrogen) atoms. The fourth-order valence-electron chi connectivity index (χ4n) is 4.80. The largest absolute Gasteiger partial charge is 0.507 e. The zero-order valence-corrected chi connectivity index (χ0v) is 22.1. The molecular weight excluding hydrogens is 527 g/mol. The minimum absolute atomic E-state index is 0.0371. The van der Waals surface area contributed by atoms with Gasteiger partial charge in [0.1, 0.15) is 17.3 Å². The van der Waals surface area contributed by atoms with Gasteiger partial charge in [-0.25, -0.2) is 0 Å². The predicted molar refractivity (Wildman–Crippen MR) is 147 cm³/mol. The Labute approximate surface area is 229 Å². The quantitative estimate of drug-likeness (QED) is 0.163. The topological polar surface area (TPSA) is 91.9 Å². The maximum Gasteiger partial charge on any atom is 0.295 e. The summed E-state index contributed by atoms with van der Waals surface area (Å²) in [6, 6.07) is 16.5. The highest BCUT2D eigenvalue weighted by atomic mass is 35.5. The highest BCUT2D eigenvalue weighted by Gasteiger charge is 2.46. The first-order chi connectivity index (χ1) is 18.3. The van der Waals surface area contributed by atoms with E-state index < -0.39 is 17.7 Å². The molecule has 0 bridgehead atoms.